The Labute approximate surface area is 135 Å². The summed E-state index contributed by atoms with van der Waals surface area (Å²) in [5.41, 5.74) is 4.53. The van der Waals surface area contributed by atoms with Crippen LogP contribution in [0.15, 0.2) is 0 Å². The first-order chi connectivity index (χ1) is 10.4. The Bertz CT molecular complexity index is 476. The number of amides is 3. The summed E-state index contributed by atoms with van der Waals surface area (Å²) in [5, 5.41) is 2.50. The summed E-state index contributed by atoms with van der Waals surface area (Å²) < 4.78 is 18.7. The van der Waals surface area contributed by atoms with Crippen molar-refractivity contribution in [2.45, 2.75) is 64.9 Å². The molecule has 0 bridgehead atoms. The Morgan fingerprint density at radius 3 is 2.30 bits per heavy atom. The van der Waals surface area contributed by atoms with Crippen LogP contribution in [0.3, 0.4) is 0 Å². The maximum absolute atomic E-state index is 13.6. The molecule has 7 nitrogen and oxygen atoms in total. The van der Waals surface area contributed by atoms with E-state index in [1.807, 2.05) is 0 Å². The van der Waals surface area contributed by atoms with E-state index in [-0.39, 0.29) is 18.9 Å². The predicted molar refractivity (Wildman–Crippen MR) is 82.2 cm³/mol. The zero-order valence-corrected chi connectivity index (χ0v) is 14.3. The number of rotatable bonds is 4. The highest BCUT2D eigenvalue weighted by Gasteiger charge is 2.42. The highest BCUT2D eigenvalue weighted by molar-refractivity contribution is 5.91. The van der Waals surface area contributed by atoms with Crippen molar-refractivity contribution in [1.82, 2.24) is 10.2 Å². The van der Waals surface area contributed by atoms with Crippen LogP contribution in [0.2, 0.25) is 0 Å². The smallest absolute Gasteiger partial charge is 0.408 e. The summed E-state index contributed by atoms with van der Waals surface area (Å²) in [6, 6.07) is -1.91. The zero-order chi connectivity index (χ0) is 17.9. The van der Waals surface area contributed by atoms with Crippen LogP contribution in [0, 0.1) is 5.92 Å². The van der Waals surface area contributed by atoms with Crippen LogP contribution < -0.4 is 11.1 Å². The van der Waals surface area contributed by atoms with E-state index in [9.17, 15) is 18.8 Å². The van der Waals surface area contributed by atoms with Gasteiger partial charge in [-0.05, 0) is 26.7 Å². The Morgan fingerprint density at radius 1 is 1.30 bits per heavy atom. The third-order valence-electron chi connectivity index (χ3n) is 3.47. The van der Waals surface area contributed by atoms with Crippen LogP contribution in [0.5, 0.6) is 0 Å². The summed E-state index contributed by atoms with van der Waals surface area (Å²) >= 11 is 0. The molecule has 8 heteroatoms. The summed E-state index contributed by atoms with van der Waals surface area (Å²) in [4.78, 5) is 37.1. The number of primary amides is 1. The number of nitrogens with one attached hydrogen (secondary N) is 1. The van der Waals surface area contributed by atoms with E-state index < -0.39 is 41.8 Å². The highest BCUT2D eigenvalue weighted by Crippen LogP contribution is 2.22. The lowest BCUT2D eigenvalue weighted by Gasteiger charge is -2.30. The molecule has 23 heavy (non-hydrogen) atoms. The Hall–Kier alpha value is -1.86. The molecule has 1 saturated heterocycles. The van der Waals surface area contributed by atoms with Gasteiger partial charge in [-0.25, -0.2) is 9.18 Å². The molecule has 1 rings (SSSR count). The summed E-state index contributed by atoms with van der Waals surface area (Å²) in [5.74, 6) is -1.55. The second-order valence-corrected chi connectivity index (χ2v) is 7.11. The second-order valence-electron chi connectivity index (χ2n) is 7.11. The quantitative estimate of drug-likeness (QED) is 0.801. The van der Waals surface area contributed by atoms with Gasteiger partial charge in [0, 0.05) is 6.42 Å². The third kappa shape index (κ3) is 5.37. The van der Waals surface area contributed by atoms with Crippen molar-refractivity contribution >= 4 is 17.9 Å². The molecule has 3 atom stereocenters. The van der Waals surface area contributed by atoms with Crippen molar-refractivity contribution in [3.05, 3.63) is 0 Å². The molecule has 0 aromatic rings. The first kappa shape index (κ1) is 19.2. The van der Waals surface area contributed by atoms with E-state index in [0.29, 0.717) is 0 Å². The molecule has 3 amide bonds. The molecular formula is C15H26FN3O4. The number of alkyl halides is 1. The zero-order valence-electron chi connectivity index (χ0n) is 14.3. The summed E-state index contributed by atoms with van der Waals surface area (Å²) in [6.07, 6.45) is -2.15. The van der Waals surface area contributed by atoms with E-state index in [0.717, 1.165) is 4.90 Å². The van der Waals surface area contributed by atoms with Crippen molar-refractivity contribution in [3.8, 4) is 0 Å². The maximum atomic E-state index is 13.6. The van der Waals surface area contributed by atoms with E-state index >= 15 is 0 Å². The number of alkyl carbamates (subject to hydrolysis) is 1. The Morgan fingerprint density at radius 2 is 1.87 bits per heavy atom. The van der Waals surface area contributed by atoms with Crippen molar-refractivity contribution < 1.29 is 23.5 Å². The second kappa shape index (κ2) is 7.14. The number of carbonyl (C=O) groups excluding carboxylic acids is 3. The van der Waals surface area contributed by atoms with Gasteiger partial charge in [-0.3, -0.25) is 9.59 Å². The van der Waals surface area contributed by atoms with Crippen LogP contribution in [0.25, 0.3) is 0 Å². The largest absolute Gasteiger partial charge is 0.444 e. The number of nitrogens with two attached hydrogens (primary N) is 1. The van der Waals surface area contributed by atoms with Gasteiger partial charge in [0.15, 0.2) is 0 Å². The average molecular weight is 331 g/mol. The van der Waals surface area contributed by atoms with Crippen molar-refractivity contribution in [2.24, 2.45) is 11.7 Å². The van der Waals surface area contributed by atoms with Gasteiger partial charge in [-0.1, -0.05) is 13.8 Å². The molecule has 132 valence electrons. The van der Waals surface area contributed by atoms with Gasteiger partial charge in [-0.2, -0.15) is 0 Å². The van der Waals surface area contributed by atoms with Gasteiger partial charge < -0.3 is 20.7 Å². The fourth-order valence-corrected chi connectivity index (χ4v) is 2.42. The van der Waals surface area contributed by atoms with E-state index in [4.69, 9.17) is 10.5 Å². The molecule has 0 saturated carbocycles. The number of likely N-dealkylation sites (tertiary alicyclic amines) is 1. The SMILES string of the molecule is CC(C)[C@H](NC(=O)OC(C)(C)C)C(=O)N1C[C@@H](F)C[C@H]1C(N)=O. The van der Waals surface area contributed by atoms with Gasteiger partial charge in [0.2, 0.25) is 11.8 Å². The lowest BCUT2D eigenvalue weighted by Crippen LogP contribution is -2.55. The molecule has 1 aliphatic rings. The van der Waals surface area contributed by atoms with E-state index in [1.54, 1.807) is 34.6 Å². The number of nitrogens with zero attached hydrogens (tertiary/aromatic N) is 1. The Balaban J connectivity index is 2.86. The standard InChI is InChI=1S/C15H26FN3O4/c1-8(2)11(18-14(22)23-15(3,4)5)13(21)19-7-9(16)6-10(19)12(17)20/h8-11H,6-7H2,1-5H3,(H2,17,20)(H,18,22)/t9-,10-,11-/m0/s1. The molecular weight excluding hydrogens is 305 g/mol. The summed E-state index contributed by atoms with van der Waals surface area (Å²) in [7, 11) is 0. The maximum Gasteiger partial charge on any atom is 0.408 e. The topological polar surface area (TPSA) is 102 Å². The normalized spacial score (nSPS) is 22.8. The molecule has 1 aliphatic heterocycles. The number of hydrogen-bond acceptors (Lipinski definition) is 4. The van der Waals surface area contributed by atoms with Gasteiger partial charge in [0.1, 0.15) is 23.9 Å². The first-order valence-electron chi connectivity index (χ1n) is 7.65. The van der Waals surface area contributed by atoms with Crippen LogP contribution >= 0.6 is 0 Å². The minimum absolute atomic E-state index is 0.113. The monoisotopic (exact) mass is 331 g/mol. The predicted octanol–water partition coefficient (Wildman–Crippen LogP) is 0.960. The molecule has 0 aromatic heterocycles. The van der Waals surface area contributed by atoms with Crippen molar-refractivity contribution in [2.75, 3.05) is 6.54 Å². The van der Waals surface area contributed by atoms with Gasteiger partial charge >= 0.3 is 6.09 Å². The van der Waals surface area contributed by atoms with Gasteiger partial charge in [0.25, 0.3) is 0 Å². The van der Waals surface area contributed by atoms with Gasteiger partial charge in [0.05, 0.1) is 6.54 Å². The molecule has 0 radical (unpaired) electrons. The highest BCUT2D eigenvalue weighted by atomic mass is 19.1. The minimum atomic E-state index is -1.30. The van der Waals surface area contributed by atoms with Gasteiger partial charge in [-0.15, -0.1) is 0 Å². The van der Waals surface area contributed by atoms with Crippen LogP contribution in [0.4, 0.5) is 9.18 Å². The van der Waals surface area contributed by atoms with Crippen LogP contribution in [0.1, 0.15) is 41.0 Å². The first-order valence-corrected chi connectivity index (χ1v) is 7.65. The Kier molecular flexibility index (Phi) is 5.96. The number of carbonyl (C=O) groups is 3. The molecule has 0 aromatic carbocycles. The fraction of sp³-hybridized carbons (Fsp3) is 0.800. The third-order valence-corrected chi connectivity index (χ3v) is 3.47. The molecule has 0 spiro atoms. The summed E-state index contributed by atoms with van der Waals surface area (Å²) in [6.45, 7) is 8.39. The fourth-order valence-electron chi connectivity index (χ4n) is 2.42. The van der Waals surface area contributed by atoms with E-state index in [1.165, 1.54) is 0 Å². The number of halogens is 1. The van der Waals surface area contributed by atoms with Crippen molar-refractivity contribution in [1.29, 1.82) is 0 Å². The molecule has 0 aliphatic carbocycles. The number of ether oxygens (including phenoxy) is 1. The molecule has 1 fully saturated rings. The average Bonchev–Trinajstić information content (AvgIpc) is 2.75. The molecule has 0 unspecified atom stereocenters. The number of hydrogen-bond donors (Lipinski definition) is 2. The van der Waals surface area contributed by atoms with Crippen molar-refractivity contribution in [3.63, 3.8) is 0 Å². The lowest BCUT2D eigenvalue weighted by molar-refractivity contribution is -0.139. The van der Waals surface area contributed by atoms with Crippen LogP contribution in [-0.4, -0.2) is 53.2 Å². The lowest BCUT2D eigenvalue weighted by atomic mass is 10.0. The molecule has 1 heterocycles. The van der Waals surface area contributed by atoms with Crippen LogP contribution in [-0.2, 0) is 14.3 Å². The molecule has 3 N–H and O–H groups in total. The van der Waals surface area contributed by atoms with E-state index in [2.05, 4.69) is 5.32 Å². The minimum Gasteiger partial charge on any atom is -0.444 e.